The first kappa shape index (κ1) is 34.4. The van der Waals surface area contributed by atoms with E-state index in [0.717, 1.165) is 83.3 Å². The molecule has 7 fully saturated rings. The number of likely N-dealkylation sites (N-methyl/N-ethyl adjacent to an activating group) is 1. The van der Waals surface area contributed by atoms with E-state index in [1.165, 1.54) is 18.2 Å². The molecule has 11 nitrogen and oxygen atoms in total. The highest BCUT2D eigenvalue weighted by molar-refractivity contribution is 5.95. The highest BCUT2D eigenvalue weighted by atomic mass is 16.7. The Morgan fingerprint density at radius 2 is 1.80 bits per heavy atom. The average molecular weight is 749 g/mol. The Labute approximate surface area is 321 Å². The van der Waals surface area contributed by atoms with E-state index in [0.29, 0.717) is 24.7 Å². The maximum Gasteiger partial charge on any atom is 0.319 e. The molecule has 0 amide bonds. The number of hydrogen-bond acceptors (Lipinski definition) is 9. The zero-order chi connectivity index (χ0) is 37.8. The molecule has 4 aromatic rings. The van der Waals surface area contributed by atoms with Crippen molar-refractivity contribution in [3.8, 4) is 5.75 Å². The molecular formula is C44H52N4O7. The Hall–Kier alpha value is -3.90. The number of nitrogens with zero attached hydrogens (tertiary/aromatic N) is 2. The predicted molar refractivity (Wildman–Crippen MR) is 205 cm³/mol. The van der Waals surface area contributed by atoms with Crippen molar-refractivity contribution >= 4 is 33.7 Å². The van der Waals surface area contributed by atoms with Gasteiger partial charge in [0.1, 0.15) is 28.4 Å². The molecule has 11 heteroatoms. The number of ether oxygens (including phenoxy) is 5. The molecule has 12 atom stereocenters. The van der Waals surface area contributed by atoms with Crippen molar-refractivity contribution in [2.45, 2.75) is 93.7 Å². The average Bonchev–Trinajstić information content (AvgIpc) is 3.54. The first-order chi connectivity index (χ1) is 26.7. The number of para-hydroxylation sites is 1. The van der Waals surface area contributed by atoms with Crippen LogP contribution in [0.3, 0.4) is 0 Å². The highest BCUT2D eigenvalue weighted by Crippen LogP contribution is 2.67. The number of epoxide rings is 1. The third-order valence-electron chi connectivity index (χ3n) is 16.0. The quantitative estimate of drug-likeness (QED) is 0.204. The van der Waals surface area contributed by atoms with E-state index in [9.17, 15) is 9.59 Å². The van der Waals surface area contributed by atoms with Crippen molar-refractivity contribution in [3.63, 3.8) is 0 Å². The first-order valence-corrected chi connectivity index (χ1v) is 20.4. The van der Waals surface area contributed by atoms with Gasteiger partial charge in [0.25, 0.3) is 0 Å². The lowest BCUT2D eigenvalue weighted by molar-refractivity contribution is -0.284. The summed E-state index contributed by atoms with van der Waals surface area (Å²) >= 11 is 0. The van der Waals surface area contributed by atoms with Crippen molar-refractivity contribution in [2.24, 2.45) is 23.2 Å². The topological polar surface area (TPSA) is 122 Å². The molecule has 8 bridgehead atoms. The number of rotatable bonds is 5. The van der Waals surface area contributed by atoms with Crippen LogP contribution in [0, 0.1) is 23.2 Å². The molecule has 2 aromatic heterocycles. The fraction of sp³-hybridized carbons (Fsp3) is 0.591. The van der Waals surface area contributed by atoms with Crippen LogP contribution in [-0.2, 0) is 46.8 Å². The third kappa shape index (κ3) is 4.05. The van der Waals surface area contributed by atoms with Gasteiger partial charge in [-0.1, -0.05) is 31.5 Å². The zero-order valence-electron chi connectivity index (χ0n) is 32.7. The number of benzene rings is 2. The van der Waals surface area contributed by atoms with Gasteiger partial charge in [0.2, 0.25) is 0 Å². The largest absolute Gasteiger partial charge is 0.496 e. The Balaban J connectivity index is 1.19. The van der Waals surface area contributed by atoms with Crippen molar-refractivity contribution in [1.29, 1.82) is 0 Å². The molecule has 1 saturated carbocycles. The number of aromatic amines is 2. The van der Waals surface area contributed by atoms with Crippen LogP contribution in [0.5, 0.6) is 5.75 Å². The molecule has 1 spiro atoms. The minimum Gasteiger partial charge on any atom is -0.496 e. The Morgan fingerprint density at radius 1 is 1.00 bits per heavy atom. The van der Waals surface area contributed by atoms with Crippen molar-refractivity contribution in [1.82, 2.24) is 19.8 Å². The second-order valence-corrected chi connectivity index (χ2v) is 17.8. The van der Waals surface area contributed by atoms with E-state index < -0.39 is 16.4 Å². The van der Waals surface area contributed by atoms with E-state index in [2.05, 4.69) is 77.1 Å². The summed E-state index contributed by atoms with van der Waals surface area (Å²) in [5.74, 6) is 0.837. The number of methoxy groups -OCH3 is 3. The summed E-state index contributed by atoms with van der Waals surface area (Å²) in [6.45, 7) is 6.61. The standard InChI is InChI=1S/C44H52N4O7/c1-7-24-16-23-19-42(40(49)52-5)37-27(14-15-48(20-23)38(24)42)26-12-13-31(51-4)34(36(26)46-37)29-17-32-43(41(50)53-6)21-54-39(44(32)22(2)55-44)47(3)33(43)18-28-25-10-8-9-11-30(25)45-35(28)29/h8-13,22-24,29,32-33,38-39,45-46H,7,14-21H2,1-6H3/t22-,23+,24-,29-,32?,33+,38-,39+,42+,43+,44+/m1/s1. The molecule has 9 heterocycles. The lowest BCUT2D eigenvalue weighted by atomic mass is 9.54. The van der Waals surface area contributed by atoms with Crippen LogP contribution >= 0.6 is 0 Å². The van der Waals surface area contributed by atoms with E-state index >= 15 is 0 Å². The molecule has 290 valence electrons. The van der Waals surface area contributed by atoms with E-state index in [1.807, 2.05) is 0 Å². The summed E-state index contributed by atoms with van der Waals surface area (Å²) in [7, 11) is 6.89. The van der Waals surface area contributed by atoms with Crippen LogP contribution in [0.1, 0.15) is 73.5 Å². The smallest absolute Gasteiger partial charge is 0.319 e. The van der Waals surface area contributed by atoms with E-state index in [4.69, 9.17) is 23.7 Å². The number of hydrogen-bond donors (Lipinski definition) is 2. The molecule has 0 radical (unpaired) electrons. The van der Waals surface area contributed by atoms with Gasteiger partial charge < -0.3 is 33.7 Å². The maximum atomic E-state index is 14.5. The monoisotopic (exact) mass is 748 g/mol. The van der Waals surface area contributed by atoms with Crippen LogP contribution in [0.15, 0.2) is 36.4 Å². The second kappa shape index (κ2) is 11.6. The molecule has 55 heavy (non-hydrogen) atoms. The molecule has 2 N–H and O–H groups in total. The SMILES string of the molecule is CC[C@@H]1C[C@@H]2CN3CCc4c([nH]c5c([C@H]6CC7[C@]8(O[C@@H]8C)[C@@H]8OC[C@@]7(C(=O)OC)[C@H](Cc7c6[nH]c6ccccc76)N8C)c(OC)ccc45)[C@@](C(=O)OC)(C2)[C@@H]13. The van der Waals surface area contributed by atoms with Gasteiger partial charge in [0.05, 0.1) is 39.6 Å². The number of fused-ring (bicyclic) bond motifs is 8. The summed E-state index contributed by atoms with van der Waals surface area (Å²) in [6, 6.07) is 12.7. The summed E-state index contributed by atoms with van der Waals surface area (Å²) in [5, 5.41) is 2.29. The third-order valence-corrected chi connectivity index (χ3v) is 16.0. The summed E-state index contributed by atoms with van der Waals surface area (Å²) in [5.41, 5.74) is 5.29. The lowest BCUT2D eigenvalue weighted by Gasteiger charge is -2.62. The van der Waals surface area contributed by atoms with Crippen molar-refractivity contribution < 1.29 is 33.3 Å². The van der Waals surface area contributed by atoms with Crippen LogP contribution in [0.4, 0.5) is 0 Å². The molecule has 13 rings (SSSR count). The van der Waals surface area contributed by atoms with Gasteiger partial charge in [-0.3, -0.25) is 19.4 Å². The fourth-order valence-corrected chi connectivity index (χ4v) is 13.9. The molecule has 2 aliphatic carbocycles. The van der Waals surface area contributed by atoms with Gasteiger partial charge in [0.15, 0.2) is 0 Å². The number of nitrogens with one attached hydrogen (secondary N) is 2. The number of carbonyl (C=O) groups is 2. The van der Waals surface area contributed by atoms with Crippen molar-refractivity contribution in [3.05, 3.63) is 64.5 Å². The normalized spacial score (nSPS) is 39.6. The highest BCUT2D eigenvalue weighted by Gasteiger charge is 2.80. The van der Waals surface area contributed by atoms with Gasteiger partial charge >= 0.3 is 11.9 Å². The predicted octanol–water partition coefficient (Wildman–Crippen LogP) is 5.43. The summed E-state index contributed by atoms with van der Waals surface area (Å²) in [4.78, 5) is 41.8. The first-order valence-electron chi connectivity index (χ1n) is 20.4. The number of piperidine rings is 3. The van der Waals surface area contributed by atoms with Gasteiger partial charge in [-0.15, -0.1) is 0 Å². The molecule has 9 aliphatic rings. The molecule has 2 unspecified atom stereocenters. The Morgan fingerprint density at radius 3 is 2.55 bits per heavy atom. The van der Waals surface area contributed by atoms with Crippen LogP contribution in [0.2, 0.25) is 0 Å². The molecule has 2 aromatic carbocycles. The zero-order valence-corrected chi connectivity index (χ0v) is 32.7. The number of esters is 2. The van der Waals surface area contributed by atoms with E-state index in [1.54, 1.807) is 14.2 Å². The second-order valence-electron chi connectivity index (χ2n) is 17.8. The Kier molecular flexibility index (Phi) is 7.24. The minimum absolute atomic E-state index is 0.0799. The van der Waals surface area contributed by atoms with Gasteiger partial charge in [-0.05, 0) is 87.2 Å². The Bertz CT molecular complexity index is 2280. The van der Waals surface area contributed by atoms with E-state index in [-0.39, 0.29) is 54.8 Å². The molecule has 7 aliphatic heterocycles. The van der Waals surface area contributed by atoms with Crippen LogP contribution in [0.25, 0.3) is 21.8 Å². The summed E-state index contributed by atoms with van der Waals surface area (Å²) < 4.78 is 31.2. The lowest BCUT2D eigenvalue weighted by Crippen LogP contribution is -2.77. The fourth-order valence-electron chi connectivity index (χ4n) is 13.9. The van der Waals surface area contributed by atoms with Gasteiger partial charge in [0, 0.05) is 70.2 Å². The maximum absolute atomic E-state index is 14.5. The molecular weight excluding hydrogens is 697 g/mol. The van der Waals surface area contributed by atoms with Crippen LogP contribution < -0.4 is 4.74 Å². The van der Waals surface area contributed by atoms with Gasteiger partial charge in [-0.2, -0.15) is 0 Å². The number of aromatic nitrogens is 2. The van der Waals surface area contributed by atoms with Crippen LogP contribution in [-0.4, -0.2) is 110 Å². The minimum atomic E-state index is -0.958. The summed E-state index contributed by atoms with van der Waals surface area (Å²) in [6.07, 6.45) is 4.70. The van der Waals surface area contributed by atoms with Crippen molar-refractivity contribution in [2.75, 3.05) is 48.1 Å². The van der Waals surface area contributed by atoms with Gasteiger partial charge in [-0.25, -0.2) is 0 Å². The number of carbonyl (C=O) groups excluding carboxylic acids is 2. The molecule has 6 saturated heterocycles. The number of H-pyrrole nitrogens is 2.